The number of carbonyl (C=O) groups excluding carboxylic acids is 4. The molecule has 0 heterocycles. The van der Waals surface area contributed by atoms with Gasteiger partial charge < -0.3 is 9.59 Å². The van der Waals surface area contributed by atoms with Gasteiger partial charge in [-0.1, -0.05) is 20.8 Å². The van der Waals surface area contributed by atoms with Crippen LogP contribution in [-0.2, 0) is 39.0 Å². The van der Waals surface area contributed by atoms with Crippen LogP contribution < -0.4 is 0 Å². The molecule has 0 spiro atoms. The maximum atomic E-state index is 11.3. The summed E-state index contributed by atoms with van der Waals surface area (Å²) in [6.45, 7) is 5.39. The van der Waals surface area contributed by atoms with Gasteiger partial charge in [-0.25, -0.2) is 9.59 Å². The third kappa shape index (κ3) is 8.33. The molecule has 0 aliphatic heterocycles. The van der Waals surface area contributed by atoms with E-state index in [1.54, 1.807) is 20.8 Å². The predicted molar refractivity (Wildman–Crippen MR) is 63.3 cm³/mol. The van der Waals surface area contributed by atoms with Gasteiger partial charge in [0.1, 0.15) is 12.6 Å². The highest BCUT2D eigenvalue weighted by atomic mass is 17.7. The summed E-state index contributed by atoms with van der Waals surface area (Å²) >= 11 is 0. The van der Waals surface area contributed by atoms with Crippen molar-refractivity contribution in [2.45, 2.75) is 40.0 Å². The molecular weight excluding hydrogens is 272 g/mol. The van der Waals surface area contributed by atoms with Crippen molar-refractivity contribution in [3.63, 3.8) is 0 Å². The van der Waals surface area contributed by atoms with E-state index in [0.717, 1.165) is 0 Å². The number of carbonyl (C=O) groups is 4. The third-order valence-corrected chi connectivity index (χ3v) is 2.41. The summed E-state index contributed by atoms with van der Waals surface area (Å²) in [5.41, 5.74) is -0.400. The predicted octanol–water partition coefficient (Wildman–Crippen LogP) is 1.08. The molecule has 0 amide bonds. The van der Waals surface area contributed by atoms with E-state index >= 15 is 0 Å². The lowest BCUT2D eigenvalue weighted by Crippen LogP contribution is -2.25. The highest BCUT2D eigenvalue weighted by Gasteiger charge is 2.27. The zero-order valence-corrected chi connectivity index (χ0v) is 11.6. The van der Waals surface area contributed by atoms with Gasteiger partial charge in [-0.05, 0) is 5.41 Å². The summed E-state index contributed by atoms with van der Waals surface area (Å²) in [7, 11) is 0. The second-order valence-corrected chi connectivity index (χ2v) is 5.06. The Morgan fingerprint density at radius 1 is 1.05 bits per heavy atom. The van der Waals surface area contributed by atoms with Crippen LogP contribution in [0.15, 0.2) is 0 Å². The standard InChI is InChI=1S/C12H18O8/c1-12(2,3)9(8-14)7-11(16)18-20-19-17-10(15)5-4-6-13/h6,8-9H,4-5,7H2,1-3H3. The fourth-order valence-corrected chi connectivity index (χ4v) is 1.09. The van der Waals surface area contributed by atoms with Crippen molar-refractivity contribution in [3.8, 4) is 0 Å². The van der Waals surface area contributed by atoms with Crippen molar-refractivity contribution in [2.24, 2.45) is 11.3 Å². The highest BCUT2D eigenvalue weighted by Crippen LogP contribution is 2.27. The molecule has 0 rings (SSSR count). The summed E-state index contributed by atoms with van der Waals surface area (Å²) in [4.78, 5) is 51.1. The van der Waals surface area contributed by atoms with Crippen molar-refractivity contribution in [3.05, 3.63) is 0 Å². The molecule has 0 bridgehead atoms. The van der Waals surface area contributed by atoms with Crippen LogP contribution in [0.3, 0.4) is 0 Å². The van der Waals surface area contributed by atoms with Crippen molar-refractivity contribution in [1.29, 1.82) is 0 Å². The molecule has 1 atom stereocenters. The van der Waals surface area contributed by atoms with E-state index in [0.29, 0.717) is 12.6 Å². The first-order chi connectivity index (χ1) is 9.31. The summed E-state index contributed by atoms with van der Waals surface area (Å²) in [6, 6.07) is 0. The van der Waals surface area contributed by atoms with Crippen LogP contribution >= 0.6 is 0 Å². The summed E-state index contributed by atoms with van der Waals surface area (Å²) in [5, 5.41) is 7.77. The van der Waals surface area contributed by atoms with Gasteiger partial charge in [-0.3, -0.25) is 9.78 Å². The molecule has 0 aliphatic carbocycles. The molecule has 20 heavy (non-hydrogen) atoms. The quantitative estimate of drug-likeness (QED) is 0.269. The van der Waals surface area contributed by atoms with Gasteiger partial charge in [-0.15, -0.1) is 0 Å². The van der Waals surface area contributed by atoms with Gasteiger partial charge in [0.25, 0.3) is 0 Å². The molecule has 0 aliphatic rings. The van der Waals surface area contributed by atoms with Crippen LogP contribution in [0.1, 0.15) is 40.0 Å². The number of hydrogen-bond acceptors (Lipinski definition) is 8. The Balaban J connectivity index is 3.86. The smallest absolute Gasteiger partial charge is 0.303 e. The third-order valence-electron chi connectivity index (χ3n) is 2.41. The Bertz CT molecular complexity index is 344. The average Bonchev–Trinajstić information content (AvgIpc) is 2.37. The lowest BCUT2D eigenvalue weighted by atomic mass is 9.80. The number of aldehydes is 2. The highest BCUT2D eigenvalue weighted by molar-refractivity contribution is 5.73. The van der Waals surface area contributed by atoms with E-state index in [1.165, 1.54) is 0 Å². The largest absolute Gasteiger partial charge is 0.346 e. The van der Waals surface area contributed by atoms with E-state index in [2.05, 4.69) is 19.9 Å². The van der Waals surface area contributed by atoms with Crippen LogP contribution in [0.2, 0.25) is 0 Å². The van der Waals surface area contributed by atoms with Gasteiger partial charge in [0.05, 0.1) is 12.8 Å². The molecule has 8 nitrogen and oxygen atoms in total. The molecule has 0 saturated carbocycles. The molecule has 0 radical (unpaired) electrons. The van der Waals surface area contributed by atoms with Gasteiger partial charge in [0.15, 0.2) is 0 Å². The molecule has 0 saturated heterocycles. The van der Waals surface area contributed by atoms with Gasteiger partial charge >= 0.3 is 11.9 Å². The first-order valence-electron chi connectivity index (χ1n) is 5.93. The van der Waals surface area contributed by atoms with Crippen LogP contribution in [0.25, 0.3) is 0 Å². The number of hydrogen-bond donors (Lipinski definition) is 0. The summed E-state index contributed by atoms with van der Waals surface area (Å²) < 4.78 is 0. The Kier molecular flexibility index (Phi) is 8.33. The molecule has 1 unspecified atom stereocenters. The molecule has 0 aromatic rings. The van der Waals surface area contributed by atoms with E-state index in [-0.39, 0.29) is 19.3 Å². The summed E-state index contributed by atoms with van der Waals surface area (Å²) in [5.74, 6) is -2.25. The maximum absolute atomic E-state index is 11.3. The minimum absolute atomic E-state index is 0.0193. The number of rotatable bonds is 9. The lowest BCUT2D eigenvalue weighted by Gasteiger charge is -2.24. The molecule has 0 N–H and O–H groups in total. The van der Waals surface area contributed by atoms with Crippen LogP contribution in [-0.4, -0.2) is 24.5 Å². The van der Waals surface area contributed by atoms with E-state index in [4.69, 9.17) is 0 Å². The molecule has 0 fully saturated rings. The van der Waals surface area contributed by atoms with Crippen molar-refractivity contribution in [2.75, 3.05) is 0 Å². The zero-order valence-electron chi connectivity index (χ0n) is 11.6. The Hall–Kier alpha value is -1.80. The van der Waals surface area contributed by atoms with E-state index < -0.39 is 23.3 Å². The molecule has 0 aromatic heterocycles. The van der Waals surface area contributed by atoms with Crippen LogP contribution in [0, 0.1) is 11.3 Å². The van der Waals surface area contributed by atoms with E-state index in [1.807, 2.05) is 0 Å². The average molecular weight is 290 g/mol. The second-order valence-electron chi connectivity index (χ2n) is 5.06. The van der Waals surface area contributed by atoms with E-state index in [9.17, 15) is 19.2 Å². The molecule has 114 valence electrons. The fraction of sp³-hybridized carbons (Fsp3) is 0.667. The Morgan fingerprint density at radius 3 is 2.05 bits per heavy atom. The molecular formula is C12H18O8. The Labute approximate surface area is 116 Å². The SMILES string of the molecule is CC(C)(C)C(C=O)CC(=O)OOOOC(=O)CCC=O. The maximum Gasteiger partial charge on any atom is 0.346 e. The van der Waals surface area contributed by atoms with Gasteiger partial charge in [0.2, 0.25) is 0 Å². The second kappa shape index (κ2) is 9.16. The van der Waals surface area contributed by atoms with Crippen LogP contribution in [0.4, 0.5) is 0 Å². The summed E-state index contributed by atoms with van der Waals surface area (Å²) in [6.07, 6.45) is 0.790. The van der Waals surface area contributed by atoms with Crippen molar-refractivity contribution >= 4 is 24.5 Å². The molecule has 8 heteroatoms. The van der Waals surface area contributed by atoms with Crippen LogP contribution in [0.5, 0.6) is 0 Å². The monoisotopic (exact) mass is 290 g/mol. The fourth-order valence-electron chi connectivity index (χ4n) is 1.09. The topological polar surface area (TPSA) is 105 Å². The lowest BCUT2D eigenvalue weighted by molar-refractivity contribution is -0.600. The molecule has 0 aromatic carbocycles. The van der Waals surface area contributed by atoms with Crippen molar-refractivity contribution in [1.82, 2.24) is 0 Å². The minimum Gasteiger partial charge on any atom is -0.303 e. The Morgan fingerprint density at radius 2 is 1.60 bits per heavy atom. The van der Waals surface area contributed by atoms with Gasteiger partial charge in [-0.2, -0.15) is 0 Å². The first-order valence-corrected chi connectivity index (χ1v) is 5.93. The normalized spacial score (nSPS) is 12.3. The first kappa shape index (κ1) is 18.2. The zero-order chi connectivity index (χ0) is 15.6. The minimum atomic E-state index is -0.853. The van der Waals surface area contributed by atoms with Gasteiger partial charge in [0, 0.05) is 22.4 Å². The van der Waals surface area contributed by atoms with Crippen molar-refractivity contribution < 1.29 is 39.0 Å².